The first-order valence-electron chi connectivity index (χ1n) is 17.0. The Labute approximate surface area is 314 Å². The number of carbonyl (C=O) groups excluding carboxylic acids is 4. The fourth-order valence-corrected chi connectivity index (χ4v) is 9.39. The highest BCUT2D eigenvalue weighted by Crippen LogP contribution is 2.64. The average Bonchev–Trinajstić information content (AvgIpc) is 3.54. The van der Waals surface area contributed by atoms with Crippen LogP contribution in [0.25, 0.3) is 6.08 Å². The van der Waals surface area contributed by atoms with E-state index in [1.165, 1.54) is 30.2 Å². The third-order valence-corrected chi connectivity index (χ3v) is 11.8. The van der Waals surface area contributed by atoms with Crippen molar-refractivity contribution in [2.75, 3.05) is 17.4 Å². The molecule has 0 unspecified atom stereocenters. The van der Waals surface area contributed by atoms with E-state index in [1.807, 2.05) is 6.08 Å². The van der Waals surface area contributed by atoms with Crippen molar-refractivity contribution in [3.05, 3.63) is 136 Å². The molecule has 0 spiro atoms. The molecule has 0 bridgehead atoms. The highest BCUT2D eigenvalue weighted by Gasteiger charge is 2.70. The SMILES string of the molecule is C=Cc1ccc(N2C(=O)[C@H]3[C@H](CC=C4[C@H]3C[C@H]3C(=O)N(Nc5ccc(Cl)cc5Cl)C(=O)[C@@]3(c3ccc(OC)cc3)[C@H]4c3ccc(O)c(F)c3)C2=O)cc1. The Bertz CT molecular complexity index is 2260. The summed E-state index contributed by atoms with van der Waals surface area (Å²) in [5.41, 5.74) is 4.18. The molecule has 3 fully saturated rings. The molecule has 4 aromatic carbocycles. The summed E-state index contributed by atoms with van der Waals surface area (Å²) in [6.07, 6.45) is 3.76. The van der Waals surface area contributed by atoms with E-state index in [1.54, 1.807) is 66.7 Å². The summed E-state index contributed by atoms with van der Waals surface area (Å²) < 4.78 is 20.8. The molecular formula is C41H32Cl2FN3O6. The van der Waals surface area contributed by atoms with Gasteiger partial charge in [0, 0.05) is 10.9 Å². The second-order valence-corrected chi connectivity index (χ2v) is 14.6. The predicted molar refractivity (Wildman–Crippen MR) is 198 cm³/mol. The Balaban J connectivity index is 1.32. The van der Waals surface area contributed by atoms with Crippen LogP contribution in [0.3, 0.4) is 0 Å². The Hall–Kier alpha value is -5.45. The molecule has 2 N–H and O–H groups in total. The topological polar surface area (TPSA) is 116 Å². The minimum atomic E-state index is -1.67. The number of methoxy groups -OCH3 is 1. The number of benzene rings is 4. The zero-order valence-electron chi connectivity index (χ0n) is 28.3. The number of nitrogens with zero attached hydrogens (tertiary/aromatic N) is 2. The first-order chi connectivity index (χ1) is 25.5. The van der Waals surface area contributed by atoms with Gasteiger partial charge in [0.05, 0.1) is 46.7 Å². The van der Waals surface area contributed by atoms with E-state index in [0.717, 1.165) is 16.6 Å². The summed E-state index contributed by atoms with van der Waals surface area (Å²) in [5.74, 6) is -7.28. The van der Waals surface area contributed by atoms with Crippen LogP contribution < -0.4 is 15.1 Å². The van der Waals surface area contributed by atoms with Gasteiger partial charge >= 0.3 is 0 Å². The summed E-state index contributed by atoms with van der Waals surface area (Å²) in [6.45, 7) is 3.78. The van der Waals surface area contributed by atoms with Crippen LogP contribution in [-0.4, -0.2) is 40.9 Å². The lowest BCUT2D eigenvalue weighted by Crippen LogP contribution is -2.53. The van der Waals surface area contributed by atoms with Crippen LogP contribution in [-0.2, 0) is 24.6 Å². The molecule has 6 atom stereocenters. The number of ether oxygens (including phenoxy) is 1. The van der Waals surface area contributed by atoms with Gasteiger partial charge < -0.3 is 9.84 Å². The molecule has 12 heteroatoms. The number of halogens is 3. The van der Waals surface area contributed by atoms with Gasteiger partial charge in [0.1, 0.15) is 5.75 Å². The molecule has 1 saturated carbocycles. The number of phenols is 1. The van der Waals surface area contributed by atoms with Gasteiger partial charge in [-0.05, 0) is 90.0 Å². The van der Waals surface area contributed by atoms with Gasteiger partial charge in [0.25, 0.3) is 11.8 Å². The number of phenolic OH excluding ortho intramolecular Hbond substituents is 1. The van der Waals surface area contributed by atoms with Gasteiger partial charge in [-0.15, -0.1) is 0 Å². The Morgan fingerprint density at radius 1 is 0.925 bits per heavy atom. The lowest BCUT2D eigenvalue weighted by molar-refractivity contribution is -0.138. The Morgan fingerprint density at radius 3 is 2.32 bits per heavy atom. The van der Waals surface area contributed by atoms with Gasteiger partial charge in [-0.1, -0.05) is 77.8 Å². The quantitative estimate of drug-likeness (QED) is 0.147. The van der Waals surface area contributed by atoms with Crippen LogP contribution in [0.4, 0.5) is 15.8 Å². The fourth-order valence-electron chi connectivity index (χ4n) is 8.94. The number of carbonyl (C=O) groups is 4. The number of rotatable bonds is 7. The van der Waals surface area contributed by atoms with E-state index < -0.39 is 64.3 Å². The van der Waals surface area contributed by atoms with Crippen molar-refractivity contribution in [1.82, 2.24) is 5.01 Å². The van der Waals surface area contributed by atoms with E-state index >= 15 is 9.18 Å². The number of aromatic hydroxyl groups is 1. The van der Waals surface area contributed by atoms with Crippen molar-refractivity contribution in [2.45, 2.75) is 24.2 Å². The average molecular weight is 753 g/mol. The third kappa shape index (κ3) is 5.18. The maximum absolute atomic E-state index is 15.4. The first kappa shape index (κ1) is 34.6. The summed E-state index contributed by atoms with van der Waals surface area (Å²) in [7, 11) is 1.51. The van der Waals surface area contributed by atoms with Crippen LogP contribution >= 0.6 is 23.2 Å². The Kier molecular flexibility index (Phi) is 8.42. The summed E-state index contributed by atoms with van der Waals surface area (Å²) in [5, 5.41) is 11.7. The largest absolute Gasteiger partial charge is 0.505 e. The predicted octanol–water partition coefficient (Wildman–Crippen LogP) is 7.68. The van der Waals surface area contributed by atoms with E-state index in [9.17, 15) is 19.5 Å². The van der Waals surface area contributed by atoms with Crippen LogP contribution in [0.5, 0.6) is 11.5 Å². The number of amides is 4. The fraction of sp³-hybridized carbons (Fsp3) is 0.220. The number of imide groups is 2. The molecule has 9 nitrogen and oxygen atoms in total. The standard InChI is InChI=1S/C41H32Cl2FN3O6/c1-3-21-4-10-25(11-5-21)46-37(49)28-15-14-27-29(35(28)39(46)51)20-30-38(50)47(45-33-16-9-24(42)19-31(33)43)40(52)41(30,23-7-12-26(53-2)13-8-23)36(27)22-6-17-34(48)32(44)18-22/h3-14,16-19,28-30,35-36,45,48H,1,15,20H2,2H3/t28-,29+,30-,35-,36-,41+/m0/s1. The Morgan fingerprint density at radius 2 is 1.66 bits per heavy atom. The minimum Gasteiger partial charge on any atom is -0.505 e. The summed E-state index contributed by atoms with van der Waals surface area (Å²) >= 11 is 12.6. The summed E-state index contributed by atoms with van der Waals surface area (Å²) in [4.78, 5) is 59.8. The van der Waals surface area contributed by atoms with Crippen LogP contribution in [0.2, 0.25) is 10.0 Å². The van der Waals surface area contributed by atoms with Crippen molar-refractivity contribution in [2.24, 2.45) is 23.7 Å². The number of fused-ring (bicyclic) bond motifs is 4. The van der Waals surface area contributed by atoms with Gasteiger partial charge in [0.2, 0.25) is 11.8 Å². The van der Waals surface area contributed by atoms with Crippen molar-refractivity contribution in [3.63, 3.8) is 0 Å². The number of allylic oxidation sites excluding steroid dienone is 2. The third-order valence-electron chi connectivity index (χ3n) is 11.3. The number of anilines is 2. The smallest absolute Gasteiger partial charge is 0.260 e. The van der Waals surface area contributed by atoms with E-state index in [4.69, 9.17) is 27.9 Å². The second kappa shape index (κ2) is 12.9. The molecule has 2 heterocycles. The molecule has 2 aliphatic carbocycles. The maximum Gasteiger partial charge on any atom is 0.260 e. The number of nitrogens with one attached hydrogen (secondary N) is 1. The zero-order valence-corrected chi connectivity index (χ0v) is 29.8. The lowest BCUT2D eigenvalue weighted by Gasteiger charge is -2.50. The second-order valence-electron chi connectivity index (χ2n) is 13.7. The molecular weight excluding hydrogens is 720 g/mol. The highest BCUT2D eigenvalue weighted by molar-refractivity contribution is 6.36. The van der Waals surface area contributed by atoms with Crippen molar-refractivity contribution in [3.8, 4) is 11.5 Å². The number of hydrogen-bond donors (Lipinski definition) is 2. The zero-order chi connectivity index (χ0) is 37.3. The molecule has 4 aromatic rings. The van der Waals surface area contributed by atoms with Crippen LogP contribution in [0.15, 0.2) is 103 Å². The van der Waals surface area contributed by atoms with Crippen LogP contribution in [0, 0.1) is 29.5 Å². The highest BCUT2D eigenvalue weighted by atomic mass is 35.5. The minimum absolute atomic E-state index is 0.0372. The van der Waals surface area contributed by atoms with Gasteiger partial charge in [-0.3, -0.25) is 29.5 Å². The molecule has 268 valence electrons. The van der Waals surface area contributed by atoms with Gasteiger partial charge in [-0.2, -0.15) is 5.01 Å². The summed E-state index contributed by atoms with van der Waals surface area (Å²) in [6, 6.07) is 22.2. The molecule has 53 heavy (non-hydrogen) atoms. The monoisotopic (exact) mass is 751 g/mol. The molecule has 4 amide bonds. The van der Waals surface area contributed by atoms with Crippen molar-refractivity contribution < 1.29 is 33.4 Å². The molecule has 2 saturated heterocycles. The van der Waals surface area contributed by atoms with Gasteiger partial charge in [0.15, 0.2) is 11.6 Å². The molecule has 8 rings (SSSR count). The number of hydrogen-bond acceptors (Lipinski definition) is 7. The number of hydrazine groups is 1. The first-order valence-corrected chi connectivity index (χ1v) is 17.8. The maximum atomic E-state index is 15.4. The normalized spacial score (nSPS) is 26.2. The van der Waals surface area contributed by atoms with E-state index in [0.29, 0.717) is 33.2 Å². The van der Waals surface area contributed by atoms with E-state index in [2.05, 4.69) is 12.0 Å². The molecule has 0 aromatic heterocycles. The van der Waals surface area contributed by atoms with Crippen molar-refractivity contribution in [1.29, 1.82) is 0 Å². The van der Waals surface area contributed by atoms with Crippen molar-refractivity contribution >= 4 is 64.3 Å². The van der Waals surface area contributed by atoms with E-state index in [-0.39, 0.29) is 29.5 Å². The van der Waals surface area contributed by atoms with Gasteiger partial charge in [-0.25, -0.2) is 4.39 Å². The van der Waals surface area contributed by atoms with Crippen LogP contribution in [0.1, 0.15) is 35.4 Å². The molecule has 0 radical (unpaired) electrons. The lowest BCUT2D eigenvalue weighted by atomic mass is 9.49. The molecule has 4 aliphatic rings. The molecule has 2 aliphatic heterocycles.